The predicted octanol–water partition coefficient (Wildman–Crippen LogP) is 3.77. The summed E-state index contributed by atoms with van der Waals surface area (Å²) >= 11 is 3.52. The summed E-state index contributed by atoms with van der Waals surface area (Å²) in [7, 11) is 0. The molecule has 1 fully saturated rings. The standard InChI is InChI=1S/C14H18BrNO/c1-10-6-4-7-11(12(10)15)13(17)16-9-5-8-14(16,2)3/h4,6-7H,5,8-9H2,1-3H3. The molecule has 0 aromatic heterocycles. The van der Waals surface area contributed by atoms with Gasteiger partial charge in [0.15, 0.2) is 0 Å². The fraction of sp³-hybridized carbons (Fsp3) is 0.500. The van der Waals surface area contributed by atoms with Gasteiger partial charge in [-0.2, -0.15) is 0 Å². The molecule has 1 amide bonds. The van der Waals surface area contributed by atoms with Crippen molar-refractivity contribution in [2.45, 2.75) is 39.2 Å². The molecule has 17 heavy (non-hydrogen) atoms. The van der Waals surface area contributed by atoms with Crippen LogP contribution in [0, 0.1) is 6.92 Å². The highest BCUT2D eigenvalue weighted by Crippen LogP contribution is 2.32. The molecule has 0 spiro atoms. The monoisotopic (exact) mass is 295 g/mol. The molecule has 1 aliphatic heterocycles. The summed E-state index contributed by atoms with van der Waals surface area (Å²) in [6.07, 6.45) is 2.18. The van der Waals surface area contributed by atoms with Gasteiger partial charge in [0, 0.05) is 16.6 Å². The van der Waals surface area contributed by atoms with Gasteiger partial charge in [0.25, 0.3) is 5.91 Å². The van der Waals surface area contributed by atoms with Gasteiger partial charge < -0.3 is 4.90 Å². The topological polar surface area (TPSA) is 20.3 Å². The van der Waals surface area contributed by atoms with Crippen molar-refractivity contribution in [1.82, 2.24) is 4.90 Å². The van der Waals surface area contributed by atoms with Crippen molar-refractivity contribution < 1.29 is 4.79 Å². The van der Waals surface area contributed by atoms with Crippen LogP contribution >= 0.6 is 15.9 Å². The summed E-state index contributed by atoms with van der Waals surface area (Å²) in [5.41, 5.74) is 1.87. The highest BCUT2D eigenvalue weighted by atomic mass is 79.9. The van der Waals surface area contributed by atoms with E-state index in [2.05, 4.69) is 29.8 Å². The van der Waals surface area contributed by atoms with Gasteiger partial charge >= 0.3 is 0 Å². The van der Waals surface area contributed by atoms with E-state index in [1.807, 2.05) is 30.0 Å². The second kappa shape index (κ2) is 4.45. The molecule has 92 valence electrons. The van der Waals surface area contributed by atoms with E-state index in [-0.39, 0.29) is 11.4 Å². The average Bonchev–Trinajstić information content (AvgIpc) is 2.61. The van der Waals surface area contributed by atoms with Crippen LogP contribution in [0.4, 0.5) is 0 Å². The van der Waals surface area contributed by atoms with Crippen LogP contribution < -0.4 is 0 Å². The first-order chi connectivity index (χ1) is 7.93. The van der Waals surface area contributed by atoms with E-state index >= 15 is 0 Å². The van der Waals surface area contributed by atoms with Crippen LogP contribution in [0.2, 0.25) is 0 Å². The van der Waals surface area contributed by atoms with Crippen LogP contribution in [0.3, 0.4) is 0 Å². The van der Waals surface area contributed by atoms with Gasteiger partial charge in [-0.1, -0.05) is 12.1 Å². The largest absolute Gasteiger partial charge is 0.333 e. The summed E-state index contributed by atoms with van der Waals surface area (Å²) in [6, 6.07) is 5.85. The van der Waals surface area contributed by atoms with Crippen molar-refractivity contribution >= 4 is 21.8 Å². The zero-order valence-corrected chi connectivity index (χ0v) is 12.2. The third-order valence-corrected chi connectivity index (χ3v) is 4.62. The second-order valence-corrected chi connectivity index (χ2v) is 6.10. The van der Waals surface area contributed by atoms with Gasteiger partial charge in [-0.3, -0.25) is 4.79 Å². The predicted molar refractivity (Wildman–Crippen MR) is 73.2 cm³/mol. The molecule has 2 nitrogen and oxygen atoms in total. The van der Waals surface area contributed by atoms with E-state index in [1.54, 1.807) is 0 Å². The molecule has 0 N–H and O–H groups in total. The number of aryl methyl sites for hydroxylation is 1. The first-order valence-electron chi connectivity index (χ1n) is 6.00. The van der Waals surface area contributed by atoms with Crippen molar-refractivity contribution in [3.63, 3.8) is 0 Å². The molecule has 1 saturated heterocycles. The van der Waals surface area contributed by atoms with E-state index in [0.29, 0.717) is 0 Å². The fourth-order valence-electron chi connectivity index (χ4n) is 2.44. The number of amides is 1. The lowest BCUT2D eigenvalue weighted by Crippen LogP contribution is -2.42. The Morgan fingerprint density at radius 3 is 2.71 bits per heavy atom. The Morgan fingerprint density at radius 2 is 2.12 bits per heavy atom. The maximum atomic E-state index is 12.5. The Labute approximate surface area is 111 Å². The summed E-state index contributed by atoms with van der Waals surface area (Å²) in [4.78, 5) is 14.5. The third-order valence-electron chi connectivity index (χ3n) is 3.57. The molecule has 1 aromatic carbocycles. The van der Waals surface area contributed by atoms with Crippen molar-refractivity contribution in [2.24, 2.45) is 0 Å². The molecular formula is C14H18BrNO. The number of hydrogen-bond donors (Lipinski definition) is 0. The van der Waals surface area contributed by atoms with Gasteiger partial charge in [0.05, 0.1) is 5.56 Å². The maximum Gasteiger partial charge on any atom is 0.255 e. The van der Waals surface area contributed by atoms with E-state index in [9.17, 15) is 4.79 Å². The molecule has 0 atom stereocenters. The van der Waals surface area contributed by atoms with E-state index in [4.69, 9.17) is 0 Å². The van der Waals surface area contributed by atoms with Gasteiger partial charge in [0.1, 0.15) is 0 Å². The highest BCUT2D eigenvalue weighted by Gasteiger charge is 2.36. The molecule has 0 unspecified atom stereocenters. The Balaban J connectivity index is 2.35. The number of benzene rings is 1. The van der Waals surface area contributed by atoms with Gasteiger partial charge in [-0.15, -0.1) is 0 Å². The van der Waals surface area contributed by atoms with Crippen LogP contribution in [0.5, 0.6) is 0 Å². The minimum absolute atomic E-state index is 0.0136. The maximum absolute atomic E-state index is 12.5. The number of halogens is 1. The van der Waals surface area contributed by atoms with E-state index in [1.165, 1.54) is 0 Å². The third kappa shape index (κ3) is 2.25. The first-order valence-corrected chi connectivity index (χ1v) is 6.80. The molecular weight excluding hydrogens is 278 g/mol. The SMILES string of the molecule is Cc1cccc(C(=O)N2CCCC2(C)C)c1Br. The summed E-state index contributed by atoms with van der Waals surface area (Å²) in [5, 5.41) is 0. The molecule has 0 aliphatic carbocycles. The van der Waals surface area contributed by atoms with Crippen molar-refractivity contribution in [1.29, 1.82) is 0 Å². The smallest absolute Gasteiger partial charge is 0.255 e. The number of hydrogen-bond acceptors (Lipinski definition) is 1. The molecule has 0 bridgehead atoms. The van der Waals surface area contributed by atoms with E-state index < -0.39 is 0 Å². The molecule has 1 aliphatic rings. The molecule has 0 saturated carbocycles. The van der Waals surface area contributed by atoms with Crippen LogP contribution in [0.15, 0.2) is 22.7 Å². The molecule has 1 heterocycles. The number of carbonyl (C=O) groups is 1. The molecule has 2 rings (SSSR count). The summed E-state index contributed by atoms with van der Waals surface area (Å²) in [5.74, 6) is 0.142. The van der Waals surface area contributed by atoms with Crippen LogP contribution in [-0.2, 0) is 0 Å². The minimum Gasteiger partial charge on any atom is -0.333 e. The summed E-state index contributed by atoms with van der Waals surface area (Å²) < 4.78 is 0.924. The zero-order valence-electron chi connectivity index (χ0n) is 10.6. The van der Waals surface area contributed by atoms with Gasteiger partial charge in [-0.25, -0.2) is 0 Å². The Hall–Kier alpha value is -0.830. The summed E-state index contributed by atoms with van der Waals surface area (Å²) in [6.45, 7) is 7.16. The number of nitrogens with zero attached hydrogens (tertiary/aromatic N) is 1. The number of carbonyl (C=O) groups excluding carboxylic acids is 1. The zero-order chi connectivity index (χ0) is 12.6. The van der Waals surface area contributed by atoms with Gasteiger partial charge in [-0.05, 0) is 61.2 Å². The normalized spacial score (nSPS) is 18.5. The lowest BCUT2D eigenvalue weighted by Gasteiger charge is -2.32. The van der Waals surface area contributed by atoms with Crippen molar-refractivity contribution in [3.8, 4) is 0 Å². The lowest BCUT2D eigenvalue weighted by molar-refractivity contribution is 0.0651. The molecule has 1 aromatic rings. The van der Waals surface area contributed by atoms with Crippen molar-refractivity contribution in [2.75, 3.05) is 6.54 Å². The van der Waals surface area contributed by atoms with Crippen LogP contribution in [-0.4, -0.2) is 22.9 Å². The Morgan fingerprint density at radius 1 is 1.41 bits per heavy atom. The fourth-order valence-corrected chi connectivity index (χ4v) is 2.88. The highest BCUT2D eigenvalue weighted by molar-refractivity contribution is 9.10. The Kier molecular flexibility index (Phi) is 3.30. The Bertz CT molecular complexity index is 454. The van der Waals surface area contributed by atoms with Crippen molar-refractivity contribution in [3.05, 3.63) is 33.8 Å². The second-order valence-electron chi connectivity index (χ2n) is 5.31. The molecule has 3 heteroatoms. The van der Waals surface area contributed by atoms with Gasteiger partial charge in [0.2, 0.25) is 0 Å². The minimum atomic E-state index is -0.0136. The van der Waals surface area contributed by atoms with Crippen LogP contribution in [0.1, 0.15) is 42.6 Å². The number of rotatable bonds is 1. The molecule has 0 radical (unpaired) electrons. The van der Waals surface area contributed by atoms with E-state index in [0.717, 1.165) is 35.0 Å². The van der Waals surface area contributed by atoms with Crippen LogP contribution in [0.25, 0.3) is 0 Å². The average molecular weight is 296 g/mol. The lowest BCUT2D eigenvalue weighted by atomic mass is 10.0. The number of likely N-dealkylation sites (tertiary alicyclic amines) is 1. The quantitative estimate of drug-likeness (QED) is 0.772. The first kappa shape index (κ1) is 12.6.